The lowest BCUT2D eigenvalue weighted by Crippen LogP contribution is -2.14. The average molecular weight is 365 g/mol. The highest BCUT2D eigenvalue weighted by molar-refractivity contribution is 6.21. The molecule has 0 aliphatic heterocycles. The van der Waals surface area contributed by atoms with Crippen molar-refractivity contribution < 1.29 is 17.6 Å². The predicted octanol–water partition coefficient (Wildman–Crippen LogP) is 7.18. The molecule has 5 heteroatoms. The van der Waals surface area contributed by atoms with Crippen LogP contribution in [0, 0.1) is 23.5 Å². The molecule has 0 radical (unpaired) electrons. The molecule has 1 aliphatic carbocycles. The maximum Gasteiger partial charge on any atom is 0.353 e. The van der Waals surface area contributed by atoms with Crippen molar-refractivity contribution in [1.29, 1.82) is 0 Å². The number of unbranched alkanes of at least 4 members (excludes halogenated alkanes) is 1. The lowest BCUT2D eigenvalue weighted by atomic mass is 9.79. The van der Waals surface area contributed by atoms with Crippen molar-refractivity contribution >= 4 is 11.6 Å². The van der Waals surface area contributed by atoms with Gasteiger partial charge in [0.1, 0.15) is 17.2 Å². The van der Waals surface area contributed by atoms with Gasteiger partial charge in [-0.1, -0.05) is 51.9 Å². The first-order valence-corrected chi connectivity index (χ1v) is 9.24. The summed E-state index contributed by atoms with van der Waals surface area (Å²) in [5.74, 6) is -0.907. The van der Waals surface area contributed by atoms with Gasteiger partial charge in [0.05, 0.1) is 0 Å². The van der Waals surface area contributed by atoms with E-state index in [4.69, 9.17) is 11.6 Å². The topological polar surface area (TPSA) is 0 Å². The van der Waals surface area contributed by atoms with Gasteiger partial charge in [0.2, 0.25) is 0 Å². The molecule has 0 unspecified atom stereocenters. The van der Waals surface area contributed by atoms with Crippen LogP contribution in [0.25, 0.3) is 0 Å². The number of halogens is 5. The van der Waals surface area contributed by atoms with Crippen LogP contribution < -0.4 is 0 Å². The molecule has 136 valence electrons. The Kier molecular flexibility index (Phi) is 6.97. The molecule has 0 nitrogen and oxygen atoms in total. The van der Waals surface area contributed by atoms with Gasteiger partial charge in [0.15, 0.2) is 0 Å². The van der Waals surface area contributed by atoms with Crippen molar-refractivity contribution in [2.24, 2.45) is 11.8 Å². The van der Waals surface area contributed by atoms with Gasteiger partial charge in [0, 0.05) is 0 Å². The first-order chi connectivity index (χ1) is 11.3. The van der Waals surface area contributed by atoms with Crippen molar-refractivity contribution in [3.63, 3.8) is 0 Å². The number of hydrogen-bond donors (Lipinski definition) is 0. The van der Waals surface area contributed by atoms with Gasteiger partial charge < -0.3 is 0 Å². The maximum absolute atomic E-state index is 13.7. The molecule has 1 aliphatic rings. The third-order valence-electron chi connectivity index (χ3n) is 5.26. The molecule has 0 atom stereocenters. The minimum absolute atomic E-state index is 0.407. The number of hydrogen-bond acceptors (Lipinski definition) is 0. The summed E-state index contributed by atoms with van der Waals surface area (Å²) >= 11 is 4.74. The lowest BCUT2D eigenvalue weighted by Gasteiger charge is -2.27. The zero-order valence-electron chi connectivity index (χ0n) is 14.1. The van der Waals surface area contributed by atoms with Gasteiger partial charge in [-0.15, -0.1) is 0 Å². The second-order valence-corrected chi connectivity index (χ2v) is 7.45. The highest BCUT2D eigenvalue weighted by atomic mass is 35.5. The van der Waals surface area contributed by atoms with Crippen LogP contribution >= 0.6 is 11.6 Å². The van der Waals surface area contributed by atoms with E-state index in [1.165, 1.54) is 32.1 Å². The summed E-state index contributed by atoms with van der Waals surface area (Å²) in [5.41, 5.74) is -0.954. The van der Waals surface area contributed by atoms with Gasteiger partial charge in [-0.3, -0.25) is 0 Å². The molecule has 1 aromatic carbocycles. The Morgan fingerprint density at radius 3 is 2.04 bits per heavy atom. The molecular formula is C19H25ClF4. The molecular weight excluding hydrogens is 340 g/mol. The largest absolute Gasteiger partial charge is 0.353 e. The fraction of sp³-hybridized carbons (Fsp3) is 0.684. The zero-order chi connectivity index (χ0) is 17.7. The van der Waals surface area contributed by atoms with Gasteiger partial charge in [-0.2, -0.15) is 8.78 Å². The minimum Gasteiger partial charge on any atom is -0.206 e. The molecule has 1 saturated carbocycles. The van der Waals surface area contributed by atoms with E-state index in [9.17, 15) is 17.6 Å². The van der Waals surface area contributed by atoms with Crippen molar-refractivity contribution in [2.45, 2.75) is 70.1 Å². The fourth-order valence-corrected chi connectivity index (χ4v) is 3.91. The van der Waals surface area contributed by atoms with Crippen molar-refractivity contribution in [3.05, 3.63) is 34.9 Å². The van der Waals surface area contributed by atoms with Crippen LogP contribution in [0.4, 0.5) is 17.6 Å². The Bertz CT molecular complexity index is 508. The quantitative estimate of drug-likeness (QED) is 0.273. The van der Waals surface area contributed by atoms with Crippen LogP contribution in [-0.4, -0.2) is 0 Å². The Balaban J connectivity index is 1.79. The average Bonchev–Trinajstić information content (AvgIpc) is 2.50. The lowest BCUT2D eigenvalue weighted by molar-refractivity contribution is 0.0858. The van der Waals surface area contributed by atoms with E-state index in [0.717, 1.165) is 43.2 Å². The molecule has 0 amide bonds. The van der Waals surface area contributed by atoms with Crippen LogP contribution in [0.1, 0.15) is 69.4 Å². The molecule has 24 heavy (non-hydrogen) atoms. The fourth-order valence-electron chi connectivity index (χ4n) is 3.73. The van der Waals surface area contributed by atoms with Crippen LogP contribution in [0.2, 0.25) is 0 Å². The van der Waals surface area contributed by atoms with Crippen molar-refractivity contribution in [1.82, 2.24) is 0 Å². The summed E-state index contributed by atoms with van der Waals surface area (Å²) in [6.07, 6.45) is 9.88. The highest BCUT2D eigenvalue weighted by Gasteiger charge is 2.35. The second-order valence-electron chi connectivity index (χ2n) is 6.97. The van der Waals surface area contributed by atoms with E-state index in [-0.39, 0.29) is 0 Å². The van der Waals surface area contributed by atoms with Crippen LogP contribution in [0.3, 0.4) is 0 Å². The SMILES string of the molecule is CCC1CCC(CCCCc2cc(F)c(C(F)(F)Cl)c(F)c2)CC1. The Morgan fingerprint density at radius 1 is 1.00 bits per heavy atom. The summed E-state index contributed by atoms with van der Waals surface area (Å²) in [6.45, 7) is 2.24. The second kappa shape index (κ2) is 8.55. The highest BCUT2D eigenvalue weighted by Crippen LogP contribution is 2.37. The number of rotatable bonds is 7. The van der Waals surface area contributed by atoms with E-state index < -0.39 is 22.6 Å². The molecule has 0 aromatic heterocycles. The maximum atomic E-state index is 13.7. The summed E-state index contributed by atoms with van der Waals surface area (Å²) in [4.78, 5) is 0. The number of alkyl halides is 3. The zero-order valence-corrected chi connectivity index (χ0v) is 14.8. The Morgan fingerprint density at radius 2 is 1.54 bits per heavy atom. The van der Waals surface area contributed by atoms with Gasteiger partial charge in [-0.25, -0.2) is 8.78 Å². The molecule has 0 bridgehead atoms. The first-order valence-electron chi connectivity index (χ1n) is 8.86. The summed E-state index contributed by atoms with van der Waals surface area (Å²) in [6, 6.07) is 1.95. The van der Waals surface area contributed by atoms with E-state index in [0.29, 0.717) is 12.0 Å². The monoisotopic (exact) mass is 364 g/mol. The molecule has 0 heterocycles. The molecule has 0 spiro atoms. The minimum atomic E-state index is -4.02. The van der Waals surface area contributed by atoms with Crippen LogP contribution in [0.15, 0.2) is 12.1 Å². The Hall–Kier alpha value is -0.770. The predicted molar refractivity (Wildman–Crippen MR) is 89.4 cm³/mol. The van der Waals surface area contributed by atoms with Gasteiger partial charge >= 0.3 is 5.38 Å². The molecule has 1 fully saturated rings. The molecule has 1 aromatic rings. The van der Waals surface area contributed by atoms with Crippen molar-refractivity contribution in [2.75, 3.05) is 0 Å². The number of benzene rings is 1. The normalized spacial score (nSPS) is 21.9. The molecule has 0 N–H and O–H groups in total. The first kappa shape index (κ1) is 19.6. The third kappa shape index (κ3) is 5.37. The standard InChI is InChI=1S/C19H25ClF4/c1-2-13-7-9-14(10-8-13)5-3-4-6-15-11-16(21)18(17(22)12-15)19(20,23)24/h11-14H,2-10H2,1H3. The van der Waals surface area contributed by atoms with E-state index in [2.05, 4.69) is 6.92 Å². The van der Waals surface area contributed by atoms with Crippen molar-refractivity contribution in [3.8, 4) is 0 Å². The van der Waals surface area contributed by atoms with Crippen LogP contribution in [0.5, 0.6) is 0 Å². The van der Waals surface area contributed by atoms with Gasteiger partial charge in [0.25, 0.3) is 0 Å². The van der Waals surface area contributed by atoms with E-state index >= 15 is 0 Å². The smallest absolute Gasteiger partial charge is 0.206 e. The summed E-state index contributed by atoms with van der Waals surface area (Å²) in [5, 5.41) is -4.02. The molecule has 2 rings (SSSR count). The number of aryl methyl sites for hydroxylation is 1. The van der Waals surface area contributed by atoms with E-state index in [1.54, 1.807) is 0 Å². The van der Waals surface area contributed by atoms with Gasteiger partial charge in [-0.05, 0) is 54.0 Å². The van der Waals surface area contributed by atoms with Crippen LogP contribution in [-0.2, 0) is 11.8 Å². The molecule has 0 saturated heterocycles. The summed E-state index contributed by atoms with van der Waals surface area (Å²) in [7, 11) is 0. The summed E-state index contributed by atoms with van der Waals surface area (Å²) < 4.78 is 53.3. The Labute approximate surface area is 146 Å². The van der Waals surface area contributed by atoms with E-state index in [1.807, 2.05) is 0 Å². The third-order valence-corrected chi connectivity index (χ3v) is 5.45.